The van der Waals surface area contributed by atoms with Crippen LogP contribution in [0.4, 0.5) is 0 Å². The van der Waals surface area contributed by atoms with Crippen molar-refractivity contribution in [3.63, 3.8) is 0 Å². The highest BCUT2D eigenvalue weighted by Crippen LogP contribution is 2.30. The lowest BCUT2D eigenvalue weighted by atomic mass is 10.1. The van der Waals surface area contributed by atoms with Crippen molar-refractivity contribution in [2.24, 2.45) is 0 Å². The Balaban J connectivity index is 1.81. The maximum absolute atomic E-state index is 12.0. The molecule has 0 saturated heterocycles. The highest BCUT2D eigenvalue weighted by Gasteiger charge is 2.23. The van der Waals surface area contributed by atoms with Crippen LogP contribution in [0, 0.1) is 13.8 Å². The minimum atomic E-state index is -0.402. The maximum Gasteiger partial charge on any atom is 0.311 e. The summed E-state index contributed by atoms with van der Waals surface area (Å²) in [7, 11) is 1.35. The third-order valence-electron chi connectivity index (χ3n) is 5.34. The zero-order valence-corrected chi connectivity index (χ0v) is 18.5. The van der Waals surface area contributed by atoms with Gasteiger partial charge in [0.2, 0.25) is 0 Å². The lowest BCUT2D eigenvalue weighted by Crippen LogP contribution is -2.06. The number of benzene rings is 2. The van der Waals surface area contributed by atoms with E-state index < -0.39 is 5.97 Å². The normalized spacial score (nSPS) is 11.4. The predicted octanol–water partition coefficient (Wildman–Crippen LogP) is 4.12. The van der Waals surface area contributed by atoms with Gasteiger partial charge in [-0.25, -0.2) is 4.68 Å². The molecule has 5 aromatic rings. The van der Waals surface area contributed by atoms with Gasteiger partial charge in [-0.05, 0) is 43.7 Å². The minimum Gasteiger partial charge on any atom is -0.469 e. The topological polar surface area (TPSA) is 87.2 Å². The van der Waals surface area contributed by atoms with Gasteiger partial charge in [0.25, 0.3) is 0 Å². The van der Waals surface area contributed by atoms with Gasteiger partial charge >= 0.3 is 5.97 Å². The van der Waals surface area contributed by atoms with E-state index >= 15 is 0 Å². The molecule has 160 valence electrons. The molecule has 8 nitrogen and oxygen atoms in total. The summed E-state index contributed by atoms with van der Waals surface area (Å²) in [5.41, 5.74) is 6.74. The zero-order chi connectivity index (χ0) is 22.4. The first-order valence-electron chi connectivity index (χ1n) is 9.99. The highest BCUT2D eigenvalue weighted by molar-refractivity contribution is 6.30. The fourth-order valence-corrected chi connectivity index (χ4v) is 3.86. The number of methoxy groups -OCH3 is 1. The molecular formula is C23H19ClN6O2. The van der Waals surface area contributed by atoms with Crippen LogP contribution in [0.25, 0.3) is 33.6 Å². The number of aromatic nitrogens is 6. The Morgan fingerprint density at radius 1 is 1.00 bits per heavy atom. The minimum absolute atomic E-state index is 0.0175. The number of aryl methyl sites for hydroxylation is 2. The first kappa shape index (κ1) is 20.1. The van der Waals surface area contributed by atoms with Crippen molar-refractivity contribution >= 4 is 34.4 Å². The van der Waals surface area contributed by atoms with Crippen LogP contribution in [0.15, 0.2) is 48.5 Å². The van der Waals surface area contributed by atoms with Gasteiger partial charge in [-0.2, -0.15) is 14.7 Å². The van der Waals surface area contributed by atoms with Crippen molar-refractivity contribution in [1.29, 1.82) is 0 Å². The second kappa shape index (κ2) is 7.72. The molecular weight excluding hydrogens is 428 g/mol. The van der Waals surface area contributed by atoms with Crippen molar-refractivity contribution in [3.8, 4) is 16.8 Å². The maximum atomic E-state index is 12.0. The molecule has 0 N–H and O–H groups in total. The average Bonchev–Trinajstić information content (AvgIpc) is 3.32. The number of nitrogens with zero attached hydrogens (tertiary/aromatic N) is 6. The smallest absolute Gasteiger partial charge is 0.311 e. The Hall–Kier alpha value is -3.78. The van der Waals surface area contributed by atoms with Crippen molar-refractivity contribution in [2.45, 2.75) is 20.3 Å². The first-order valence-corrected chi connectivity index (χ1v) is 10.4. The van der Waals surface area contributed by atoms with E-state index in [1.807, 2.05) is 62.4 Å². The largest absolute Gasteiger partial charge is 0.469 e. The SMILES string of the molecule is COC(=O)Cc1nn(-c2ccc(C)cc2)c2c1nnc1c(-c3ccc(Cl)cc3)c(C)nn12. The molecule has 3 aromatic heterocycles. The lowest BCUT2D eigenvalue weighted by molar-refractivity contribution is -0.139. The number of halogens is 1. The van der Waals surface area contributed by atoms with Crippen LogP contribution in [0.3, 0.4) is 0 Å². The Labute approximate surface area is 188 Å². The van der Waals surface area contributed by atoms with E-state index in [9.17, 15) is 4.79 Å². The molecule has 0 aliphatic heterocycles. The number of esters is 1. The van der Waals surface area contributed by atoms with Crippen LogP contribution < -0.4 is 0 Å². The van der Waals surface area contributed by atoms with Crippen LogP contribution in [0.5, 0.6) is 0 Å². The van der Waals surface area contributed by atoms with E-state index in [0.717, 1.165) is 28.1 Å². The van der Waals surface area contributed by atoms with Gasteiger partial charge in [-0.3, -0.25) is 4.79 Å². The fourth-order valence-electron chi connectivity index (χ4n) is 3.74. The molecule has 0 saturated carbocycles. The summed E-state index contributed by atoms with van der Waals surface area (Å²) in [6.45, 7) is 3.94. The second-order valence-electron chi connectivity index (χ2n) is 7.52. The van der Waals surface area contributed by atoms with Crippen molar-refractivity contribution in [1.82, 2.24) is 29.6 Å². The Kier molecular flexibility index (Phi) is 4.86. The van der Waals surface area contributed by atoms with Gasteiger partial charge < -0.3 is 4.74 Å². The van der Waals surface area contributed by atoms with Crippen LogP contribution in [-0.4, -0.2) is 42.7 Å². The molecule has 3 heterocycles. The van der Waals surface area contributed by atoms with Gasteiger partial charge in [0.15, 0.2) is 16.8 Å². The Bertz CT molecular complexity index is 1470. The summed E-state index contributed by atoms with van der Waals surface area (Å²) in [4.78, 5) is 12.0. The summed E-state index contributed by atoms with van der Waals surface area (Å²) < 4.78 is 8.32. The highest BCUT2D eigenvalue weighted by atomic mass is 35.5. The number of ether oxygens (including phenoxy) is 1. The van der Waals surface area contributed by atoms with Gasteiger partial charge in [0, 0.05) is 5.02 Å². The molecule has 0 bridgehead atoms. The van der Waals surface area contributed by atoms with Crippen LogP contribution >= 0.6 is 11.6 Å². The molecule has 2 aromatic carbocycles. The molecule has 0 amide bonds. The third-order valence-corrected chi connectivity index (χ3v) is 5.59. The van der Waals surface area contributed by atoms with Gasteiger partial charge in [0.1, 0.15) is 5.69 Å². The monoisotopic (exact) mass is 446 g/mol. The predicted molar refractivity (Wildman–Crippen MR) is 121 cm³/mol. The van der Waals surface area contributed by atoms with Crippen molar-refractivity contribution in [3.05, 3.63) is 70.5 Å². The van der Waals surface area contributed by atoms with E-state index in [2.05, 4.69) is 15.3 Å². The quantitative estimate of drug-likeness (QED) is 0.386. The van der Waals surface area contributed by atoms with Gasteiger partial charge in [0.05, 0.1) is 30.5 Å². The van der Waals surface area contributed by atoms with E-state index in [0.29, 0.717) is 27.5 Å². The second-order valence-corrected chi connectivity index (χ2v) is 7.96. The molecule has 0 spiro atoms. The van der Waals surface area contributed by atoms with Crippen molar-refractivity contribution < 1.29 is 9.53 Å². The molecule has 0 fully saturated rings. The molecule has 5 rings (SSSR count). The Morgan fingerprint density at radius 3 is 2.41 bits per heavy atom. The summed E-state index contributed by atoms with van der Waals surface area (Å²) in [5.74, 6) is -0.402. The summed E-state index contributed by atoms with van der Waals surface area (Å²) in [6.07, 6.45) is -0.0175. The number of rotatable bonds is 4. The average molecular weight is 447 g/mol. The molecule has 0 aliphatic rings. The molecule has 0 unspecified atom stereocenters. The summed E-state index contributed by atoms with van der Waals surface area (Å²) >= 11 is 6.07. The molecule has 32 heavy (non-hydrogen) atoms. The van der Waals surface area contributed by atoms with Crippen LogP contribution in [-0.2, 0) is 16.0 Å². The number of hydrogen-bond donors (Lipinski definition) is 0. The molecule has 9 heteroatoms. The van der Waals surface area contributed by atoms with Crippen molar-refractivity contribution in [2.75, 3.05) is 7.11 Å². The first-order chi connectivity index (χ1) is 15.5. The number of fused-ring (bicyclic) bond motifs is 3. The zero-order valence-electron chi connectivity index (χ0n) is 17.7. The standard InChI is InChI=1S/C23H19ClN6O2/c1-13-4-10-17(11-5-13)29-23-21(18(28-29)12-19(31)32-3)25-26-22-20(14(2)27-30(22)23)15-6-8-16(24)9-7-15/h4-11H,12H2,1-3H3. The number of carbonyl (C=O) groups excluding carboxylic acids is 1. The number of hydrogen-bond acceptors (Lipinski definition) is 6. The number of carbonyl (C=O) groups is 1. The summed E-state index contributed by atoms with van der Waals surface area (Å²) in [6, 6.07) is 15.5. The van der Waals surface area contributed by atoms with Crippen LogP contribution in [0.2, 0.25) is 5.02 Å². The lowest BCUT2D eigenvalue weighted by Gasteiger charge is -2.05. The Morgan fingerprint density at radius 2 is 1.72 bits per heavy atom. The van der Waals surface area contributed by atoms with E-state index in [1.165, 1.54) is 7.11 Å². The van der Waals surface area contributed by atoms with Gasteiger partial charge in [-0.15, -0.1) is 10.2 Å². The van der Waals surface area contributed by atoms with Crippen LogP contribution in [0.1, 0.15) is 17.0 Å². The fraction of sp³-hybridized carbons (Fsp3) is 0.174. The molecule has 0 radical (unpaired) electrons. The van der Waals surface area contributed by atoms with Gasteiger partial charge in [-0.1, -0.05) is 41.4 Å². The molecule has 0 aliphatic carbocycles. The molecule has 0 atom stereocenters. The van der Waals surface area contributed by atoms with E-state index in [4.69, 9.17) is 21.4 Å². The van der Waals surface area contributed by atoms with E-state index in [1.54, 1.807) is 9.20 Å². The third kappa shape index (κ3) is 3.29. The summed E-state index contributed by atoms with van der Waals surface area (Å²) in [5, 5.41) is 19.0. The van der Waals surface area contributed by atoms with E-state index in [-0.39, 0.29) is 6.42 Å².